The molecule has 2 aromatic heterocycles. The number of nitrogens with zero attached hydrogens (tertiary/aromatic N) is 2. The number of carbonyl (C=O) groups is 1. The fraction of sp³-hybridized carbons (Fsp3) is 0.267. The van der Waals surface area contributed by atoms with E-state index in [1.165, 1.54) is 0 Å². The van der Waals surface area contributed by atoms with Gasteiger partial charge in [0.2, 0.25) is 0 Å². The lowest BCUT2D eigenvalue weighted by Crippen LogP contribution is -2.31. The van der Waals surface area contributed by atoms with Crippen molar-refractivity contribution in [2.45, 2.75) is 12.5 Å². The Morgan fingerprint density at radius 3 is 2.95 bits per heavy atom. The van der Waals surface area contributed by atoms with E-state index >= 15 is 0 Å². The Hall–Kier alpha value is -2.21. The first-order valence-corrected chi connectivity index (χ1v) is 7.18. The molecule has 0 saturated carbocycles. The van der Waals surface area contributed by atoms with Gasteiger partial charge >= 0.3 is 0 Å². The van der Waals surface area contributed by atoms with E-state index in [2.05, 4.69) is 9.97 Å². The molecule has 1 aliphatic heterocycles. The zero-order chi connectivity index (χ0) is 14.7. The lowest BCUT2D eigenvalue weighted by Gasteiger charge is -2.17. The number of likely N-dealkylation sites (tertiary alicyclic amines) is 1. The molecule has 2 aromatic rings. The van der Waals surface area contributed by atoms with Crippen molar-refractivity contribution in [3.8, 4) is 5.75 Å². The molecule has 3 rings (SSSR count). The third kappa shape index (κ3) is 3.11. The molecule has 1 N–H and O–H groups in total. The number of H-pyrrole nitrogens is 1. The average molecular weight is 301 g/mol. The van der Waals surface area contributed by atoms with Crippen molar-refractivity contribution in [3.05, 3.63) is 53.1 Å². The topological polar surface area (TPSA) is 58.2 Å². The van der Waals surface area contributed by atoms with Gasteiger partial charge in [-0.25, -0.2) is 0 Å². The number of aromatic amines is 1. The Kier molecular flexibility index (Phi) is 3.96. The van der Waals surface area contributed by atoms with Gasteiger partial charge in [0.1, 0.15) is 16.5 Å². The van der Waals surface area contributed by atoms with Crippen LogP contribution in [-0.2, 0) is 0 Å². The number of pyridine rings is 2. The maximum atomic E-state index is 12.4. The van der Waals surface area contributed by atoms with Crippen LogP contribution < -0.4 is 4.74 Å². The summed E-state index contributed by atoms with van der Waals surface area (Å²) in [5.41, 5.74) is 0.539. The lowest BCUT2D eigenvalue weighted by atomic mass is 10.2. The monoisotopic (exact) mass is 301 g/mol. The first-order valence-electron chi connectivity index (χ1n) is 6.78. The molecular formula is C15H15N3O2S. The van der Waals surface area contributed by atoms with Gasteiger partial charge in [0.15, 0.2) is 0 Å². The van der Waals surface area contributed by atoms with E-state index in [-0.39, 0.29) is 12.0 Å². The number of aromatic nitrogens is 2. The molecule has 0 aliphatic carbocycles. The number of nitrogens with one attached hydrogen (secondary N) is 1. The van der Waals surface area contributed by atoms with Gasteiger partial charge in [-0.05, 0) is 24.3 Å². The number of ether oxygens (including phenoxy) is 1. The number of hydrogen-bond donors (Lipinski definition) is 1. The highest BCUT2D eigenvalue weighted by Gasteiger charge is 2.28. The van der Waals surface area contributed by atoms with Crippen LogP contribution in [0.5, 0.6) is 5.75 Å². The number of hydrogen-bond acceptors (Lipinski definition) is 4. The normalized spacial score (nSPS) is 17.7. The minimum absolute atomic E-state index is 0.0117. The van der Waals surface area contributed by atoms with Crippen molar-refractivity contribution in [1.82, 2.24) is 14.9 Å². The largest absolute Gasteiger partial charge is 0.488 e. The number of rotatable bonds is 3. The van der Waals surface area contributed by atoms with E-state index in [0.29, 0.717) is 23.3 Å². The van der Waals surface area contributed by atoms with Gasteiger partial charge in [-0.15, -0.1) is 0 Å². The molecule has 108 valence electrons. The minimum Gasteiger partial charge on any atom is -0.488 e. The Balaban J connectivity index is 1.66. The molecule has 6 heteroatoms. The molecule has 0 radical (unpaired) electrons. The molecule has 1 atom stereocenters. The molecule has 0 spiro atoms. The predicted octanol–water partition coefficient (Wildman–Crippen LogP) is 2.43. The zero-order valence-electron chi connectivity index (χ0n) is 11.4. The minimum atomic E-state index is -0.0438. The zero-order valence-corrected chi connectivity index (χ0v) is 12.2. The Morgan fingerprint density at radius 2 is 2.19 bits per heavy atom. The molecule has 0 unspecified atom stereocenters. The summed E-state index contributed by atoms with van der Waals surface area (Å²) in [4.78, 5) is 21.1. The highest BCUT2D eigenvalue weighted by atomic mass is 32.1. The summed E-state index contributed by atoms with van der Waals surface area (Å²) in [6.07, 6.45) is 5.93. The van der Waals surface area contributed by atoms with Crippen LogP contribution >= 0.6 is 12.2 Å². The third-order valence-electron chi connectivity index (χ3n) is 3.43. The van der Waals surface area contributed by atoms with Crippen molar-refractivity contribution in [2.75, 3.05) is 13.1 Å². The lowest BCUT2D eigenvalue weighted by molar-refractivity contribution is 0.0771. The van der Waals surface area contributed by atoms with E-state index in [4.69, 9.17) is 17.0 Å². The van der Waals surface area contributed by atoms with Crippen LogP contribution in [0.3, 0.4) is 0 Å². The van der Waals surface area contributed by atoms with Crippen LogP contribution in [0.1, 0.15) is 16.8 Å². The second-order valence-corrected chi connectivity index (χ2v) is 5.28. The van der Waals surface area contributed by atoms with Crippen LogP contribution in [0.4, 0.5) is 0 Å². The van der Waals surface area contributed by atoms with Gasteiger partial charge in [-0.1, -0.05) is 12.2 Å². The van der Waals surface area contributed by atoms with E-state index in [0.717, 1.165) is 12.2 Å². The summed E-state index contributed by atoms with van der Waals surface area (Å²) in [6, 6.07) is 7.16. The molecule has 5 nitrogen and oxygen atoms in total. The quantitative estimate of drug-likeness (QED) is 0.885. The van der Waals surface area contributed by atoms with Crippen LogP contribution in [0.2, 0.25) is 0 Å². The van der Waals surface area contributed by atoms with Crippen LogP contribution in [0.15, 0.2) is 42.9 Å². The summed E-state index contributed by atoms with van der Waals surface area (Å²) in [7, 11) is 0. The van der Waals surface area contributed by atoms with Crippen molar-refractivity contribution in [2.24, 2.45) is 0 Å². The van der Waals surface area contributed by atoms with Crippen LogP contribution in [0.25, 0.3) is 0 Å². The third-order valence-corrected chi connectivity index (χ3v) is 3.77. The SMILES string of the molecule is O=C(c1ccc[nH]c1=S)N1CC[C@@H](Oc2ccncc2)C1. The molecule has 1 aliphatic rings. The first kappa shape index (κ1) is 13.8. The summed E-state index contributed by atoms with van der Waals surface area (Å²) in [6.45, 7) is 1.25. The molecular weight excluding hydrogens is 286 g/mol. The van der Waals surface area contributed by atoms with Crippen molar-refractivity contribution in [3.63, 3.8) is 0 Å². The van der Waals surface area contributed by atoms with Crippen molar-refractivity contribution < 1.29 is 9.53 Å². The fourth-order valence-corrected chi connectivity index (χ4v) is 2.60. The second kappa shape index (κ2) is 6.05. The smallest absolute Gasteiger partial charge is 0.256 e. The predicted molar refractivity (Wildman–Crippen MR) is 80.8 cm³/mol. The average Bonchev–Trinajstić information content (AvgIpc) is 2.97. The van der Waals surface area contributed by atoms with Gasteiger partial charge in [-0.2, -0.15) is 0 Å². The van der Waals surface area contributed by atoms with Crippen molar-refractivity contribution >= 4 is 18.1 Å². The van der Waals surface area contributed by atoms with E-state index in [1.54, 1.807) is 35.6 Å². The van der Waals surface area contributed by atoms with Gasteiger partial charge < -0.3 is 14.6 Å². The highest BCUT2D eigenvalue weighted by molar-refractivity contribution is 7.71. The van der Waals surface area contributed by atoms with E-state index in [1.807, 2.05) is 12.1 Å². The summed E-state index contributed by atoms with van der Waals surface area (Å²) >= 11 is 5.16. The van der Waals surface area contributed by atoms with Gasteiger partial charge in [0, 0.05) is 31.6 Å². The van der Waals surface area contributed by atoms with Crippen LogP contribution in [0, 0.1) is 4.64 Å². The molecule has 1 amide bonds. The second-order valence-electron chi connectivity index (χ2n) is 4.88. The Bertz CT molecular complexity index is 687. The number of amides is 1. The molecule has 21 heavy (non-hydrogen) atoms. The van der Waals surface area contributed by atoms with E-state index in [9.17, 15) is 4.79 Å². The maximum absolute atomic E-state index is 12.4. The van der Waals surface area contributed by atoms with Gasteiger partial charge in [0.05, 0.1) is 12.1 Å². The first-order chi connectivity index (χ1) is 10.2. The maximum Gasteiger partial charge on any atom is 0.256 e. The van der Waals surface area contributed by atoms with Crippen LogP contribution in [-0.4, -0.2) is 40.0 Å². The summed E-state index contributed by atoms with van der Waals surface area (Å²) < 4.78 is 6.33. The highest BCUT2D eigenvalue weighted by Crippen LogP contribution is 2.19. The summed E-state index contributed by atoms with van der Waals surface area (Å²) in [5, 5.41) is 0. The molecule has 0 aromatic carbocycles. The fourth-order valence-electron chi connectivity index (χ4n) is 2.38. The number of carbonyl (C=O) groups excluding carboxylic acids is 1. The van der Waals surface area contributed by atoms with Crippen molar-refractivity contribution in [1.29, 1.82) is 0 Å². The summed E-state index contributed by atoms with van der Waals surface area (Å²) in [5.74, 6) is 0.735. The van der Waals surface area contributed by atoms with E-state index < -0.39 is 0 Å². The molecule has 0 bridgehead atoms. The molecule has 1 fully saturated rings. The molecule has 1 saturated heterocycles. The van der Waals surface area contributed by atoms with Gasteiger partial charge in [-0.3, -0.25) is 9.78 Å². The Morgan fingerprint density at radius 1 is 1.38 bits per heavy atom. The molecule has 3 heterocycles. The standard InChI is InChI=1S/C15H15N3O2S/c19-15(13-2-1-6-17-14(13)21)18-9-5-12(10-18)20-11-3-7-16-8-4-11/h1-4,6-8,12H,5,9-10H2,(H,17,21)/t12-/m1/s1. The Labute approximate surface area is 127 Å². The van der Waals surface area contributed by atoms with Gasteiger partial charge in [0.25, 0.3) is 5.91 Å².